The minimum absolute atomic E-state index is 0.169. The van der Waals surface area contributed by atoms with E-state index in [1.807, 2.05) is 20.8 Å². The average molecular weight is 769 g/mol. The Bertz CT molecular complexity index is 530. The summed E-state index contributed by atoms with van der Waals surface area (Å²) in [4.78, 5) is 0. The van der Waals surface area contributed by atoms with Crippen molar-refractivity contribution in [3.05, 3.63) is 0 Å². The van der Waals surface area contributed by atoms with Crippen LogP contribution >= 0.6 is 99.7 Å². The Morgan fingerprint density at radius 2 is 0.595 bits per heavy atom. The molecule has 0 radical (unpaired) electrons. The lowest BCUT2D eigenvalue weighted by Crippen LogP contribution is -2.59. The molecule has 0 aliphatic carbocycles. The first-order valence-electron chi connectivity index (χ1n) is 14.2. The summed E-state index contributed by atoms with van der Waals surface area (Å²) in [7, 11) is -2.62. The van der Waals surface area contributed by atoms with Crippen LogP contribution in [0.4, 0.5) is 0 Å². The fourth-order valence-electron chi connectivity index (χ4n) is 5.67. The summed E-state index contributed by atoms with van der Waals surface area (Å²) in [6, 6.07) is -8.48. The van der Waals surface area contributed by atoms with Crippen LogP contribution in [0.1, 0.15) is 130 Å². The molecule has 0 aromatic rings. The van der Waals surface area contributed by atoms with Gasteiger partial charge in [0.2, 0.25) is 0 Å². The lowest BCUT2D eigenvalue weighted by molar-refractivity contribution is 0.531. The van der Waals surface area contributed by atoms with E-state index in [0.717, 1.165) is 18.9 Å². The van der Waals surface area contributed by atoms with Crippen LogP contribution in [0.5, 0.6) is 0 Å². The Morgan fingerprint density at radius 3 is 0.811 bits per heavy atom. The highest BCUT2D eigenvalue weighted by atomic mass is 35.9. The normalized spacial score (nSPS) is 17.4. The third kappa shape index (κ3) is 16.2. The minimum Gasteiger partial charge on any atom is -0.126 e. The van der Waals surface area contributed by atoms with E-state index in [1.165, 1.54) is 89.9 Å². The summed E-state index contributed by atoms with van der Waals surface area (Å²) in [5.74, 6) is 0. The molecule has 0 aromatic carbocycles. The van der Waals surface area contributed by atoms with Gasteiger partial charge in [-0.3, -0.25) is 0 Å². The van der Waals surface area contributed by atoms with Crippen LogP contribution in [0.3, 0.4) is 0 Å². The number of hydrogen-bond donors (Lipinski definition) is 0. The largest absolute Gasteiger partial charge is 0.341 e. The van der Waals surface area contributed by atoms with Crippen molar-refractivity contribution in [3.63, 3.8) is 0 Å². The fraction of sp³-hybridized carbons (Fsp3) is 1.00. The van der Waals surface area contributed by atoms with Crippen molar-refractivity contribution in [1.82, 2.24) is 0 Å². The molecule has 0 fully saturated rings. The Labute approximate surface area is 275 Å². The molecule has 0 aliphatic rings. The summed E-state index contributed by atoms with van der Waals surface area (Å²) >= 11 is 59.5. The van der Waals surface area contributed by atoms with E-state index < -0.39 is 26.1 Å². The van der Waals surface area contributed by atoms with Crippen LogP contribution in [0.2, 0.25) is 21.5 Å². The van der Waals surface area contributed by atoms with E-state index in [-0.39, 0.29) is 15.5 Å². The Hall–Kier alpha value is 3.48. The van der Waals surface area contributed by atoms with Gasteiger partial charge in [0.05, 0.1) is 8.07 Å². The molecule has 3 unspecified atom stereocenters. The van der Waals surface area contributed by atoms with Gasteiger partial charge in [0.25, 0.3) is 0 Å². The molecule has 3 atom stereocenters. The molecule has 37 heavy (non-hydrogen) atoms. The van der Waals surface area contributed by atoms with Crippen LogP contribution in [0, 0.1) is 0 Å². The standard InChI is InChI=1S/C24H49Cl9Si4/c1-5-6-7-8-9-10-11-12-13-14-15-16-17-18-19-20-21-34(22(2)35(25,26)27,23(3)36(28,29)30)24(4)37(31,32)33/h22-24H,5-21H2,1-4H3. The summed E-state index contributed by atoms with van der Waals surface area (Å²) in [6.45, 7) is 8.32. The monoisotopic (exact) mass is 764 g/mol. The van der Waals surface area contributed by atoms with Crippen LogP contribution < -0.4 is 0 Å². The van der Waals surface area contributed by atoms with Gasteiger partial charge in [-0.15, -0.1) is 99.7 Å². The molecular formula is C24H49Cl9Si4. The van der Waals surface area contributed by atoms with Crippen molar-refractivity contribution in [2.45, 2.75) is 152 Å². The van der Waals surface area contributed by atoms with Gasteiger partial charge in [0.15, 0.2) is 0 Å². The zero-order chi connectivity index (χ0) is 28.8. The van der Waals surface area contributed by atoms with E-state index in [0.29, 0.717) is 0 Å². The van der Waals surface area contributed by atoms with Crippen molar-refractivity contribution in [2.75, 3.05) is 0 Å². The summed E-state index contributed by atoms with van der Waals surface area (Å²) in [5.41, 5.74) is 0. The maximum Gasteiger partial charge on any atom is 0.341 e. The smallest absolute Gasteiger partial charge is 0.126 e. The van der Waals surface area contributed by atoms with Gasteiger partial charge in [-0.25, -0.2) is 0 Å². The minimum atomic E-state index is -3.12. The predicted molar refractivity (Wildman–Crippen MR) is 188 cm³/mol. The molecule has 0 aromatic heterocycles. The van der Waals surface area contributed by atoms with Crippen molar-refractivity contribution in [2.24, 2.45) is 0 Å². The lowest BCUT2D eigenvalue weighted by Gasteiger charge is -2.51. The Kier molecular flexibility index (Phi) is 22.4. The second-order valence-corrected chi connectivity index (χ2v) is 45.2. The van der Waals surface area contributed by atoms with E-state index in [2.05, 4.69) is 6.92 Å². The first-order chi connectivity index (χ1) is 17.0. The molecule has 0 heterocycles. The van der Waals surface area contributed by atoms with E-state index in [9.17, 15) is 0 Å². The first kappa shape index (κ1) is 40.5. The number of unbranched alkanes of at least 4 members (excludes halogenated alkanes) is 15. The molecule has 0 aliphatic heterocycles. The molecule has 13 heteroatoms. The third-order valence-corrected chi connectivity index (χ3v) is 39.9. The Morgan fingerprint density at radius 1 is 0.378 bits per heavy atom. The second kappa shape index (κ2) is 20.4. The lowest BCUT2D eigenvalue weighted by atomic mass is 10.0. The van der Waals surface area contributed by atoms with E-state index >= 15 is 0 Å². The van der Waals surface area contributed by atoms with Crippen LogP contribution in [-0.2, 0) is 0 Å². The molecule has 0 N–H and O–H groups in total. The second-order valence-electron chi connectivity index (χ2n) is 11.0. The number of hydrogen-bond acceptors (Lipinski definition) is 0. The molecule has 0 rings (SSSR count). The zero-order valence-corrected chi connectivity index (χ0v) is 34.0. The molecule has 0 bridgehead atoms. The highest BCUT2D eigenvalue weighted by Crippen LogP contribution is 2.60. The van der Waals surface area contributed by atoms with Gasteiger partial charge >= 0.3 is 18.0 Å². The van der Waals surface area contributed by atoms with Gasteiger partial charge in [-0.1, -0.05) is 136 Å². The van der Waals surface area contributed by atoms with Crippen LogP contribution in [0.25, 0.3) is 0 Å². The van der Waals surface area contributed by atoms with Gasteiger partial charge in [0.1, 0.15) is 0 Å². The van der Waals surface area contributed by atoms with Crippen molar-refractivity contribution >= 4 is 126 Å². The Balaban J connectivity index is 4.67. The predicted octanol–water partition coefficient (Wildman–Crippen LogP) is 14.5. The van der Waals surface area contributed by atoms with Gasteiger partial charge < -0.3 is 0 Å². The molecule has 224 valence electrons. The highest BCUT2D eigenvalue weighted by molar-refractivity contribution is 7.71. The maximum absolute atomic E-state index is 6.61. The van der Waals surface area contributed by atoms with E-state index in [1.54, 1.807) is 0 Å². The quantitative estimate of drug-likeness (QED) is 0.0552. The van der Waals surface area contributed by atoms with Gasteiger partial charge in [-0.05, 0) is 15.5 Å². The van der Waals surface area contributed by atoms with Gasteiger partial charge in [0, 0.05) is 0 Å². The van der Waals surface area contributed by atoms with Crippen molar-refractivity contribution < 1.29 is 0 Å². The maximum atomic E-state index is 6.61. The number of halogens is 9. The number of rotatable bonds is 23. The molecule has 0 saturated carbocycles. The third-order valence-electron chi connectivity index (χ3n) is 8.35. The summed E-state index contributed by atoms with van der Waals surface area (Å²) in [6.07, 6.45) is 21.1. The zero-order valence-electron chi connectivity index (χ0n) is 23.2. The first-order valence-corrected chi connectivity index (χ1v) is 32.0. The fourth-order valence-corrected chi connectivity index (χ4v) is 41.1. The summed E-state index contributed by atoms with van der Waals surface area (Å²) < 4.78 is 0. The van der Waals surface area contributed by atoms with Crippen LogP contribution in [0.15, 0.2) is 0 Å². The molecule has 0 saturated heterocycles. The highest BCUT2D eigenvalue weighted by Gasteiger charge is 2.64. The molecule has 0 nitrogen and oxygen atoms in total. The molecule has 0 spiro atoms. The van der Waals surface area contributed by atoms with Crippen molar-refractivity contribution in [3.8, 4) is 0 Å². The SMILES string of the molecule is CCCCCCCCCCCCCCCCCC[Si](C(C)[Si](Cl)(Cl)Cl)(C(C)[Si](Cl)(Cl)Cl)C(C)[Si](Cl)(Cl)Cl. The summed E-state index contributed by atoms with van der Waals surface area (Å²) in [5, 5.41) is -0.507. The molecular weight excluding hydrogens is 720 g/mol. The van der Waals surface area contributed by atoms with Gasteiger partial charge in [-0.2, -0.15) is 0 Å². The van der Waals surface area contributed by atoms with E-state index in [4.69, 9.17) is 99.7 Å². The topological polar surface area (TPSA) is 0 Å². The molecule has 0 amide bonds. The van der Waals surface area contributed by atoms with Crippen LogP contribution in [-0.4, -0.2) is 26.1 Å². The van der Waals surface area contributed by atoms with Crippen molar-refractivity contribution in [1.29, 1.82) is 0 Å². The average Bonchev–Trinajstić information content (AvgIpc) is 2.78.